The van der Waals surface area contributed by atoms with Crippen LogP contribution in [0.4, 0.5) is 5.69 Å². The van der Waals surface area contributed by atoms with E-state index in [0.717, 1.165) is 0 Å². The van der Waals surface area contributed by atoms with E-state index < -0.39 is 27.9 Å². The monoisotopic (exact) mass is 317 g/mol. The summed E-state index contributed by atoms with van der Waals surface area (Å²) >= 11 is 5.84. The largest absolute Gasteiger partial charge is 0.399 e. The quantitative estimate of drug-likeness (QED) is 0.536. The zero-order valence-electron chi connectivity index (χ0n) is 10.2. The molecule has 108 valence electrons. The molecule has 0 saturated carbocycles. The fourth-order valence-corrected chi connectivity index (χ4v) is 3.57. The third kappa shape index (κ3) is 3.09. The maximum Gasteiger partial charge on any atom is 0.244 e. The first-order valence-corrected chi connectivity index (χ1v) is 7.57. The van der Waals surface area contributed by atoms with E-state index in [9.17, 15) is 18.0 Å². The average molecular weight is 318 g/mol. The highest BCUT2D eigenvalue weighted by molar-refractivity contribution is 7.89. The Morgan fingerprint density at radius 3 is 2.65 bits per heavy atom. The molecule has 1 fully saturated rings. The number of rotatable bonds is 3. The summed E-state index contributed by atoms with van der Waals surface area (Å²) in [5, 5.41) is 2.03. The Kier molecular flexibility index (Phi) is 3.98. The van der Waals surface area contributed by atoms with E-state index >= 15 is 0 Å². The van der Waals surface area contributed by atoms with E-state index in [-0.39, 0.29) is 22.8 Å². The molecular formula is C11H12ClN3O4S. The predicted octanol–water partition coefficient (Wildman–Crippen LogP) is 0.00570. The molecule has 1 unspecified atom stereocenters. The molecule has 1 atom stereocenters. The minimum Gasteiger partial charge on any atom is -0.399 e. The van der Waals surface area contributed by atoms with Crippen molar-refractivity contribution >= 4 is 39.1 Å². The minimum absolute atomic E-state index is 0.0372. The van der Waals surface area contributed by atoms with E-state index in [2.05, 4.69) is 10.0 Å². The number of carbonyl (C=O) groups excluding carboxylic acids is 2. The Bertz CT molecular complexity index is 674. The molecule has 9 heteroatoms. The fraction of sp³-hybridized carbons (Fsp3) is 0.273. The smallest absolute Gasteiger partial charge is 0.244 e. The van der Waals surface area contributed by atoms with Crippen molar-refractivity contribution < 1.29 is 18.0 Å². The van der Waals surface area contributed by atoms with Crippen LogP contribution in [0.15, 0.2) is 23.1 Å². The van der Waals surface area contributed by atoms with Gasteiger partial charge in [0.25, 0.3) is 0 Å². The standard InChI is InChI=1S/C11H12ClN3O4S/c12-7-5-6(13)1-3-9(7)20(18,19)15-8-2-4-10(16)14-11(8)17/h1,3,5,8,15H,2,4,13H2,(H,14,16,17). The molecule has 1 aliphatic rings. The second-order valence-corrected chi connectivity index (χ2v) is 6.40. The number of sulfonamides is 1. The number of anilines is 1. The molecule has 0 aromatic heterocycles. The van der Waals surface area contributed by atoms with Crippen LogP contribution in [0.2, 0.25) is 5.02 Å². The Balaban J connectivity index is 2.23. The van der Waals surface area contributed by atoms with Crippen molar-refractivity contribution in [2.45, 2.75) is 23.8 Å². The van der Waals surface area contributed by atoms with E-state index in [1.165, 1.54) is 18.2 Å². The number of nitrogens with one attached hydrogen (secondary N) is 2. The summed E-state index contributed by atoms with van der Waals surface area (Å²) in [6.07, 6.45) is 0.185. The van der Waals surface area contributed by atoms with Gasteiger partial charge in [0.2, 0.25) is 21.8 Å². The summed E-state index contributed by atoms with van der Waals surface area (Å²) in [5.74, 6) is -1.09. The van der Waals surface area contributed by atoms with Crippen LogP contribution in [0.1, 0.15) is 12.8 Å². The fourth-order valence-electron chi connectivity index (χ4n) is 1.79. The maximum absolute atomic E-state index is 12.2. The number of hydrogen-bond donors (Lipinski definition) is 3. The average Bonchev–Trinajstić information content (AvgIpc) is 2.32. The summed E-state index contributed by atoms with van der Waals surface area (Å²) < 4.78 is 26.5. The van der Waals surface area contributed by atoms with Crippen molar-refractivity contribution in [2.75, 3.05) is 5.73 Å². The van der Waals surface area contributed by atoms with Gasteiger partial charge in [-0.05, 0) is 24.6 Å². The highest BCUT2D eigenvalue weighted by atomic mass is 35.5. The van der Waals surface area contributed by atoms with E-state index in [4.69, 9.17) is 17.3 Å². The van der Waals surface area contributed by atoms with Gasteiger partial charge in [0.1, 0.15) is 10.9 Å². The topological polar surface area (TPSA) is 118 Å². The number of nitrogen functional groups attached to an aromatic ring is 1. The third-order valence-electron chi connectivity index (χ3n) is 2.78. The molecule has 0 aliphatic carbocycles. The molecule has 0 bridgehead atoms. The zero-order chi connectivity index (χ0) is 14.9. The van der Waals surface area contributed by atoms with Crippen LogP contribution in [0, 0.1) is 0 Å². The lowest BCUT2D eigenvalue weighted by molar-refractivity contribution is -0.134. The van der Waals surface area contributed by atoms with Gasteiger partial charge in [-0.1, -0.05) is 11.6 Å². The van der Waals surface area contributed by atoms with Gasteiger partial charge in [-0.3, -0.25) is 14.9 Å². The summed E-state index contributed by atoms with van der Waals surface area (Å²) in [7, 11) is -3.97. The van der Waals surface area contributed by atoms with Crippen LogP contribution in [0.3, 0.4) is 0 Å². The van der Waals surface area contributed by atoms with Gasteiger partial charge in [-0.2, -0.15) is 4.72 Å². The number of amides is 2. The molecule has 0 spiro atoms. The van der Waals surface area contributed by atoms with Gasteiger partial charge in [-0.25, -0.2) is 8.42 Å². The highest BCUT2D eigenvalue weighted by Gasteiger charge is 2.31. The normalized spacial score (nSPS) is 19.8. The van der Waals surface area contributed by atoms with Gasteiger partial charge in [0.05, 0.1) is 5.02 Å². The number of piperidine rings is 1. The molecule has 1 saturated heterocycles. The van der Waals surface area contributed by atoms with Crippen molar-refractivity contribution in [2.24, 2.45) is 0 Å². The number of imide groups is 1. The van der Waals surface area contributed by atoms with Crippen LogP contribution in [0.25, 0.3) is 0 Å². The second-order valence-electron chi connectivity index (χ2n) is 4.31. The lowest BCUT2D eigenvalue weighted by Crippen LogP contribution is -2.52. The first kappa shape index (κ1) is 14.8. The van der Waals surface area contributed by atoms with Crippen LogP contribution in [-0.2, 0) is 19.6 Å². The lowest BCUT2D eigenvalue weighted by Gasteiger charge is -2.21. The first-order valence-electron chi connectivity index (χ1n) is 5.70. The number of carbonyl (C=O) groups is 2. The molecule has 1 aromatic rings. The van der Waals surface area contributed by atoms with Gasteiger partial charge in [-0.15, -0.1) is 0 Å². The van der Waals surface area contributed by atoms with E-state index in [1.807, 2.05) is 0 Å². The molecule has 1 heterocycles. The summed E-state index contributed by atoms with van der Waals surface area (Å²) in [6, 6.07) is 2.96. The molecule has 1 aromatic carbocycles. The highest BCUT2D eigenvalue weighted by Crippen LogP contribution is 2.24. The van der Waals surface area contributed by atoms with Crippen LogP contribution in [0.5, 0.6) is 0 Å². The number of hydrogen-bond acceptors (Lipinski definition) is 5. The Labute approximate surface area is 120 Å². The molecule has 20 heavy (non-hydrogen) atoms. The lowest BCUT2D eigenvalue weighted by atomic mass is 10.1. The van der Waals surface area contributed by atoms with Crippen molar-refractivity contribution in [3.8, 4) is 0 Å². The van der Waals surface area contributed by atoms with Crippen molar-refractivity contribution in [3.63, 3.8) is 0 Å². The third-order valence-corrected chi connectivity index (χ3v) is 4.74. The number of halogens is 1. The van der Waals surface area contributed by atoms with Gasteiger partial charge >= 0.3 is 0 Å². The molecule has 2 amide bonds. The Morgan fingerprint density at radius 1 is 1.35 bits per heavy atom. The van der Waals surface area contributed by atoms with Crippen molar-refractivity contribution in [3.05, 3.63) is 23.2 Å². The molecule has 0 radical (unpaired) electrons. The molecule has 1 aliphatic heterocycles. The van der Waals surface area contributed by atoms with Crippen LogP contribution < -0.4 is 15.8 Å². The van der Waals surface area contributed by atoms with Gasteiger partial charge < -0.3 is 5.73 Å². The van der Waals surface area contributed by atoms with Crippen LogP contribution >= 0.6 is 11.6 Å². The second kappa shape index (κ2) is 5.39. The number of nitrogens with two attached hydrogens (primary N) is 1. The predicted molar refractivity (Wildman–Crippen MR) is 72.4 cm³/mol. The van der Waals surface area contributed by atoms with Crippen molar-refractivity contribution in [1.82, 2.24) is 10.0 Å². The Morgan fingerprint density at radius 2 is 2.05 bits per heavy atom. The SMILES string of the molecule is Nc1ccc(S(=O)(=O)NC2CCC(=O)NC2=O)c(Cl)c1. The van der Waals surface area contributed by atoms with Gasteiger partial charge in [0.15, 0.2) is 0 Å². The van der Waals surface area contributed by atoms with Crippen molar-refractivity contribution in [1.29, 1.82) is 0 Å². The van der Waals surface area contributed by atoms with E-state index in [1.54, 1.807) is 0 Å². The summed E-state index contributed by atoms with van der Waals surface area (Å²) in [6.45, 7) is 0. The van der Waals surface area contributed by atoms with Gasteiger partial charge in [0, 0.05) is 12.1 Å². The Hall–Kier alpha value is -1.64. The molecule has 2 rings (SSSR count). The molecular weight excluding hydrogens is 306 g/mol. The zero-order valence-corrected chi connectivity index (χ0v) is 11.8. The van der Waals surface area contributed by atoms with Crippen LogP contribution in [-0.4, -0.2) is 26.3 Å². The number of benzene rings is 1. The maximum atomic E-state index is 12.2. The molecule has 4 N–H and O–H groups in total. The minimum atomic E-state index is -3.97. The summed E-state index contributed by atoms with van der Waals surface area (Å²) in [5.41, 5.74) is 5.82. The first-order chi connectivity index (χ1) is 9.29. The van der Waals surface area contributed by atoms with E-state index in [0.29, 0.717) is 5.69 Å². The molecule has 7 nitrogen and oxygen atoms in total. The summed E-state index contributed by atoms with van der Waals surface area (Å²) in [4.78, 5) is 22.4.